The Hall–Kier alpha value is -2.61. The lowest BCUT2D eigenvalue weighted by Gasteiger charge is -2.23. The molecule has 1 saturated heterocycles. The fraction of sp³-hybridized carbons (Fsp3) is 0.353. The van der Waals surface area contributed by atoms with Crippen LogP contribution in [0, 0.1) is 4.77 Å². The zero-order chi connectivity index (χ0) is 17.8. The number of aromatic nitrogens is 2. The van der Waals surface area contributed by atoms with Gasteiger partial charge in [0, 0.05) is 13.1 Å². The number of benzene rings is 1. The number of ether oxygens (including phenoxy) is 1. The van der Waals surface area contributed by atoms with Crippen LogP contribution in [-0.2, 0) is 0 Å². The van der Waals surface area contributed by atoms with Crippen molar-refractivity contribution in [3.05, 3.63) is 45.0 Å². The number of aromatic hydroxyl groups is 1. The molecule has 1 aromatic carbocycles. The van der Waals surface area contributed by atoms with Crippen molar-refractivity contribution in [3.8, 4) is 17.3 Å². The minimum atomic E-state index is -0.477. The van der Waals surface area contributed by atoms with Crippen molar-refractivity contribution in [2.75, 3.05) is 20.2 Å². The van der Waals surface area contributed by atoms with Crippen LogP contribution in [0.25, 0.3) is 5.69 Å². The number of aromatic amines is 1. The predicted molar refractivity (Wildman–Crippen MR) is 98.5 cm³/mol. The summed E-state index contributed by atoms with van der Waals surface area (Å²) in [5.41, 5.74) is 0.121. The van der Waals surface area contributed by atoms with Gasteiger partial charge >= 0.3 is 0 Å². The van der Waals surface area contributed by atoms with E-state index in [0.717, 1.165) is 25.9 Å². The van der Waals surface area contributed by atoms with Gasteiger partial charge in [0.15, 0.2) is 4.77 Å². The van der Waals surface area contributed by atoms with E-state index in [4.69, 9.17) is 17.0 Å². The molecular formula is C17H20N4O3S. The molecule has 25 heavy (non-hydrogen) atoms. The van der Waals surface area contributed by atoms with E-state index in [0.29, 0.717) is 11.4 Å². The summed E-state index contributed by atoms with van der Waals surface area (Å²) in [7, 11) is 1.53. The lowest BCUT2D eigenvalue weighted by molar-refractivity contribution is 0.240. The highest BCUT2D eigenvalue weighted by atomic mass is 32.1. The molecule has 1 aromatic heterocycles. The Morgan fingerprint density at radius 3 is 2.72 bits per heavy atom. The van der Waals surface area contributed by atoms with E-state index in [9.17, 15) is 9.90 Å². The molecule has 0 saturated carbocycles. The molecule has 0 bridgehead atoms. The van der Waals surface area contributed by atoms with Crippen molar-refractivity contribution >= 4 is 18.4 Å². The Morgan fingerprint density at radius 1 is 1.28 bits per heavy atom. The van der Waals surface area contributed by atoms with Crippen LogP contribution in [0.15, 0.2) is 34.2 Å². The largest absolute Gasteiger partial charge is 0.495 e. The molecule has 7 nitrogen and oxygen atoms in total. The van der Waals surface area contributed by atoms with Crippen molar-refractivity contribution in [3.63, 3.8) is 0 Å². The van der Waals surface area contributed by atoms with E-state index < -0.39 is 5.56 Å². The lowest BCUT2D eigenvalue weighted by Crippen LogP contribution is -2.25. The van der Waals surface area contributed by atoms with Gasteiger partial charge in [-0.3, -0.25) is 19.4 Å². The Bertz CT molecular complexity index is 897. The maximum absolute atomic E-state index is 12.2. The second-order valence-electron chi connectivity index (χ2n) is 5.76. The fourth-order valence-electron chi connectivity index (χ4n) is 2.82. The smallest absolute Gasteiger partial charge is 0.264 e. The third kappa shape index (κ3) is 3.58. The van der Waals surface area contributed by atoms with E-state index in [-0.39, 0.29) is 16.2 Å². The standard InChI is InChI=1S/C17H20N4O3S/c1-24-14-8-4-3-7-13(14)21-16(23)12(15(22)19-17(21)25)11-18-20-9-5-2-6-10-20/h3-4,7-8,11,23H,2,5-6,9-10H2,1H3,(H,19,22,25)/b18-11+. The highest BCUT2D eigenvalue weighted by molar-refractivity contribution is 7.71. The first-order valence-electron chi connectivity index (χ1n) is 8.12. The Kier molecular flexibility index (Phi) is 5.18. The molecule has 132 valence electrons. The summed E-state index contributed by atoms with van der Waals surface area (Å²) in [5, 5.41) is 16.9. The van der Waals surface area contributed by atoms with E-state index >= 15 is 0 Å². The molecule has 2 aromatic rings. The monoisotopic (exact) mass is 360 g/mol. The first kappa shape index (κ1) is 17.2. The van der Waals surface area contributed by atoms with Crippen molar-refractivity contribution in [2.24, 2.45) is 5.10 Å². The normalized spacial score (nSPS) is 14.8. The number of methoxy groups -OCH3 is 1. The van der Waals surface area contributed by atoms with Crippen LogP contribution in [0.1, 0.15) is 24.8 Å². The molecule has 0 amide bonds. The van der Waals surface area contributed by atoms with Crippen LogP contribution in [0.4, 0.5) is 0 Å². The van der Waals surface area contributed by atoms with Gasteiger partial charge in [0.1, 0.15) is 11.3 Å². The van der Waals surface area contributed by atoms with Crippen LogP contribution in [0.2, 0.25) is 0 Å². The van der Waals surface area contributed by atoms with E-state index in [1.807, 2.05) is 11.1 Å². The van der Waals surface area contributed by atoms with Crippen molar-refractivity contribution < 1.29 is 9.84 Å². The van der Waals surface area contributed by atoms with Gasteiger partial charge in [-0.05, 0) is 43.6 Å². The number of nitrogens with one attached hydrogen (secondary N) is 1. The molecule has 1 fully saturated rings. The maximum atomic E-state index is 12.2. The summed E-state index contributed by atoms with van der Waals surface area (Å²) in [6.07, 6.45) is 4.73. The third-order valence-corrected chi connectivity index (χ3v) is 4.41. The summed E-state index contributed by atoms with van der Waals surface area (Å²) in [5.74, 6) is 0.263. The van der Waals surface area contributed by atoms with E-state index in [1.165, 1.54) is 24.3 Å². The topological polar surface area (TPSA) is 82.8 Å². The summed E-state index contributed by atoms with van der Waals surface area (Å²) < 4.78 is 6.78. The molecule has 0 unspecified atom stereocenters. The van der Waals surface area contributed by atoms with Gasteiger partial charge in [0.25, 0.3) is 5.56 Å². The predicted octanol–water partition coefficient (Wildman–Crippen LogP) is 2.43. The summed E-state index contributed by atoms with van der Waals surface area (Å²) in [6, 6.07) is 7.11. The zero-order valence-corrected chi connectivity index (χ0v) is 14.8. The van der Waals surface area contributed by atoms with Crippen molar-refractivity contribution in [1.82, 2.24) is 14.6 Å². The summed E-state index contributed by atoms with van der Waals surface area (Å²) in [4.78, 5) is 14.8. The third-order valence-electron chi connectivity index (χ3n) is 4.13. The van der Waals surface area contributed by atoms with Crippen LogP contribution < -0.4 is 10.3 Å². The average Bonchev–Trinajstić information content (AvgIpc) is 2.62. The van der Waals surface area contributed by atoms with Gasteiger partial charge in [-0.15, -0.1) is 0 Å². The van der Waals surface area contributed by atoms with Gasteiger partial charge in [0.05, 0.1) is 19.0 Å². The maximum Gasteiger partial charge on any atom is 0.264 e. The van der Waals surface area contributed by atoms with Crippen LogP contribution in [0.5, 0.6) is 11.6 Å². The molecular weight excluding hydrogens is 340 g/mol. The average molecular weight is 360 g/mol. The molecule has 2 heterocycles. The number of hydrogen-bond acceptors (Lipinski definition) is 6. The summed E-state index contributed by atoms with van der Waals surface area (Å²) in [6.45, 7) is 1.70. The Labute approximate surface area is 150 Å². The second kappa shape index (κ2) is 7.52. The van der Waals surface area contributed by atoms with Gasteiger partial charge in [-0.1, -0.05) is 12.1 Å². The van der Waals surface area contributed by atoms with Gasteiger partial charge in [-0.25, -0.2) is 0 Å². The zero-order valence-electron chi connectivity index (χ0n) is 13.9. The van der Waals surface area contributed by atoms with E-state index in [1.54, 1.807) is 18.2 Å². The molecule has 1 aliphatic rings. The van der Waals surface area contributed by atoms with Gasteiger partial charge < -0.3 is 9.84 Å². The lowest BCUT2D eigenvalue weighted by atomic mass is 10.2. The molecule has 3 rings (SSSR count). The number of nitrogens with zero attached hydrogens (tertiary/aromatic N) is 3. The molecule has 0 aliphatic carbocycles. The number of rotatable bonds is 4. The minimum absolute atomic E-state index is 0.0603. The van der Waals surface area contributed by atoms with Gasteiger partial charge in [-0.2, -0.15) is 5.10 Å². The van der Waals surface area contributed by atoms with Crippen molar-refractivity contribution in [1.29, 1.82) is 0 Å². The Balaban J connectivity index is 2.07. The van der Waals surface area contributed by atoms with Gasteiger partial charge in [0.2, 0.25) is 5.88 Å². The SMILES string of the molecule is COc1ccccc1-n1c(O)c(/C=N/N2CCCCC2)c(=O)[nH]c1=S. The molecule has 0 atom stereocenters. The highest BCUT2D eigenvalue weighted by Gasteiger charge is 2.16. The minimum Gasteiger partial charge on any atom is -0.495 e. The van der Waals surface area contributed by atoms with Crippen LogP contribution in [0.3, 0.4) is 0 Å². The highest BCUT2D eigenvalue weighted by Crippen LogP contribution is 2.26. The number of hydrazone groups is 1. The number of H-pyrrole nitrogens is 1. The number of para-hydroxylation sites is 2. The second-order valence-corrected chi connectivity index (χ2v) is 6.15. The quantitative estimate of drug-likeness (QED) is 0.646. The number of piperidine rings is 1. The molecule has 2 N–H and O–H groups in total. The molecule has 0 radical (unpaired) electrons. The van der Waals surface area contributed by atoms with Crippen LogP contribution >= 0.6 is 12.2 Å². The Morgan fingerprint density at radius 2 is 2.00 bits per heavy atom. The number of hydrogen-bond donors (Lipinski definition) is 2. The molecule has 0 spiro atoms. The fourth-order valence-corrected chi connectivity index (χ4v) is 3.10. The molecule has 8 heteroatoms. The van der Waals surface area contributed by atoms with E-state index in [2.05, 4.69) is 10.1 Å². The first-order chi connectivity index (χ1) is 12.1. The molecule has 1 aliphatic heterocycles. The first-order valence-corrected chi connectivity index (χ1v) is 8.53. The van der Waals surface area contributed by atoms with Crippen LogP contribution in [-0.4, -0.2) is 46.1 Å². The van der Waals surface area contributed by atoms with Crippen molar-refractivity contribution in [2.45, 2.75) is 19.3 Å². The summed E-state index contributed by atoms with van der Waals surface area (Å²) >= 11 is 5.22.